The summed E-state index contributed by atoms with van der Waals surface area (Å²) in [6, 6.07) is 5.46. The van der Waals surface area contributed by atoms with E-state index in [1.807, 2.05) is 12.1 Å². The molecule has 0 aliphatic rings. The lowest BCUT2D eigenvalue weighted by atomic mass is 10.3. The Labute approximate surface area is 78.4 Å². The lowest BCUT2D eigenvalue weighted by Crippen LogP contribution is -1.92. The molecule has 1 aromatic heterocycles. The normalized spacial score (nSPS) is 10.2. The summed E-state index contributed by atoms with van der Waals surface area (Å²) in [6.45, 7) is 0. The van der Waals surface area contributed by atoms with Crippen LogP contribution in [-0.4, -0.2) is 11.4 Å². The van der Waals surface area contributed by atoms with Crippen molar-refractivity contribution in [2.75, 3.05) is 11.1 Å². The molecule has 0 fully saturated rings. The first-order chi connectivity index (χ1) is 6.29. The minimum Gasteiger partial charge on any atom is -0.375 e. The molecule has 0 aliphatic carbocycles. The van der Waals surface area contributed by atoms with E-state index in [1.165, 1.54) is 11.3 Å². The SMILES string of the molecule is Nc1nc2ccc(NC=O)cc2s1. The van der Waals surface area contributed by atoms with Crippen LogP contribution in [0.4, 0.5) is 10.8 Å². The molecule has 0 unspecified atom stereocenters. The first-order valence-corrected chi connectivity index (χ1v) is 4.47. The van der Waals surface area contributed by atoms with E-state index in [2.05, 4.69) is 10.3 Å². The molecule has 0 saturated carbocycles. The Kier molecular flexibility index (Phi) is 1.86. The van der Waals surface area contributed by atoms with E-state index >= 15 is 0 Å². The Hall–Kier alpha value is -1.62. The van der Waals surface area contributed by atoms with Crippen molar-refractivity contribution in [2.45, 2.75) is 0 Å². The highest BCUT2D eigenvalue weighted by atomic mass is 32.1. The summed E-state index contributed by atoms with van der Waals surface area (Å²) in [4.78, 5) is 14.3. The van der Waals surface area contributed by atoms with Crippen molar-refractivity contribution in [3.05, 3.63) is 18.2 Å². The van der Waals surface area contributed by atoms with Gasteiger partial charge in [-0.15, -0.1) is 0 Å². The number of nitrogen functional groups attached to an aromatic ring is 1. The zero-order valence-corrected chi connectivity index (χ0v) is 7.47. The van der Waals surface area contributed by atoms with Crippen LogP contribution in [-0.2, 0) is 4.79 Å². The van der Waals surface area contributed by atoms with Gasteiger partial charge in [-0.05, 0) is 18.2 Å². The van der Waals surface area contributed by atoms with Crippen molar-refractivity contribution >= 4 is 38.8 Å². The second-order valence-electron chi connectivity index (χ2n) is 2.50. The highest BCUT2D eigenvalue weighted by Crippen LogP contribution is 2.26. The second kappa shape index (κ2) is 3.02. The number of hydrogen-bond donors (Lipinski definition) is 2. The van der Waals surface area contributed by atoms with Crippen LogP contribution in [0.15, 0.2) is 18.2 Å². The molecule has 0 bridgehead atoms. The van der Waals surface area contributed by atoms with Crippen LogP contribution in [0.25, 0.3) is 10.2 Å². The Morgan fingerprint density at radius 1 is 1.54 bits per heavy atom. The van der Waals surface area contributed by atoms with Gasteiger partial charge in [-0.25, -0.2) is 4.98 Å². The fourth-order valence-electron chi connectivity index (χ4n) is 1.10. The molecular weight excluding hydrogens is 186 g/mol. The molecule has 1 heterocycles. The zero-order valence-electron chi connectivity index (χ0n) is 6.65. The third-order valence-corrected chi connectivity index (χ3v) is 2.48. The highest BCUT2D eigenvalue weighted by Gasteiger charge is 2.00. The lowest BCUT2D eigenvalue weighted by molar-refractivity contribution is -0.105. The molecule has 2 aromatic rings. The van der Waals surface area contributed by atoms with Gasteiger partial charge >= 0.3 is 0 Å². The van der Waals surface area contributed by atoms with Gasteiger partial charge in [-0.3, -0.25) is 4.79 Å². The molecule has 1 aromatic carbocycles. The van der Waals surface area contributed by atoms with Crippen molar-refractivity contribution in [3.8, 4) is 0 Å². The summed E-state index contributed by atoms with van der Waals surface area (Å²) in [5, 5.41) is 3.11. The topological polar surface area (TPSA) is 68.0 Å². The van der Waals surface area contributed by atoms with Crippen molar-refractivity contribution < 1.29 is 4.79 Å². The zero-order chi connectivity index (χ0) is 9.26. The van der Waals surface area contributed by atoms with Crippen LogP contribution in [0.2, 0.25) is 0 Å². The fraction of sp³-hybridized carbons (Fsp3) is 0. The summed E-state index contributed by atoms with van der Waals surface area (Å²) in [7, 11) is 0. The number of nitrogens with two attached hydrogens (primary N) is 1. The Morgan fingerprint density at radius 3 is 3.15 bits per heavy atom. The summed E-state index contributed by atoms with van der Waals surface area (Å²) >= 11 is 1.40. The second-order valence-corrected chi connectivity index (χ2v) is 3.56. The molecule has 0 atom stereocenters. The van der Waals surface area contributed by atoms with Gasteiger partial charge < -0.3 is 11.1 Å². The number of amides is 1. The maximum Gasteiger partial charge on any atom is 0.211 e. The van der Waals surface area contributed by atoms with Gasteiger partial charge in [0.2, 0.25) is 6.41 Å². The molecule has 0 saturated heterocycles. The van der Waals surface area contributed by atoms with Crippen molar-refractivity contribution in [1.82, 2.24) is 4.98 Å². The number of thiazole rings is 1. The molecule has 0 spiro atoms. The predicted molar refractivity (Wildman–Crippen MR) is 53.7 cm³/mol. The van der Waals surface area contributed by atoms with Crippen molar-refractivity contribution in [1.29, 1.82) is 0 Å². The van der Waals surface area contributed by atoms with E-state index < -0.39 is 0 Å². The standard InChI is InChI=1S/C8H7N3OS/c9-8-11-6-2-1-5(10-4-12)3-7(6)13-8/h1-4H,(H2,9,11)(H,10,12). The highest BCUT2D eigenvalue weighted by molar-refractivity contribution is 7.22. The average molecular weight is 193 g/mol. The number of carbonyl (C=O) groups is 1. The minimum absolute atomic E-state index is 0.540. The van der Waals surface area contributed by atoms with Crippen molar-refractivity contribution in [3.63, 3.8) is 0 Å². The molecule has 2 rings (SSSR count). The van der Waals surface area contributed by atoms with Crippen LogP contribution < -0.4 is 11.1 Å². The number of aromatic nitrogens is 1. The van der Waals surface area contributed by atoms with Gasteiger partial charge in [0.15, 0.2) is 5.13 Å². The third kappa shape index (κ3) is 1.46. The summed E-state index contributed by atoms with van der Waals surface area (Å²) in [5.41, 5.74) is 7.15. The van der Waals surface area contributed by atoms with Crippen LogP contribution in [0.5, 0.6) is 0 Å². The van der Waals surface area contributed by atoms with Gasteiger partial charge in [0.25, 0.3) is 0 Å². The number of benzene rings is 1. The number of fused-ring (bicyclic) bond motifs is 1. The van der Waals surface area contributed by atoms with Crippen molar-refractivity contribution in [2.24, 2.45) is 0 Å². The van der Waals surface area contributed by atoms with Crippen LogP contribution >= 0.6 is 11.3 Å². The number of nitrogens with one attached hydrogen (secondary N) is 1. The molecule has 0 aliphatic heterocycles. The number of anilines is 2. The van der Waals surface area contributed by atoms with Gasteiger partial charge in [-0.1, -0.05) is 11.3 Å². The predicted octanol–water partition coefficient (Wildman–Crippen LogP) is 1.45. The van der Waals surface area contributed by atoms with Gasteiger partial charge in [0.05, 0.1) is 10.2 Å². The Bertz CT molecular complexity index is 452. The molecule has 13 heavy (non-hydrogen) atoms. The van der Waals surface area contributed by atoms with Gasteiger partial charge in [-0.2, -0.15) is 0 Å². The summed E-state index contributed by atoms with van der Waals surface area (Å²) in [6.07, 6.45) is 0.644. The van der Waals surface area contributed by atoms with E-state index in [9.17, 15) is 4.79 Å². The molecule has 1 amide bonds. The fourth-order valence-corrected chi connectivity index (χ4v) is 1.87. The van der Waals surface area contributed by atoms with Gasteiger partial charge in [0.1, 0.15) is 0 Å². The molecular formula is C8H7N3OS. The number of nitrogens with zero attached hydrogens (tertiary/aromatic N) is 1. The monoisotopic (exact) mass is 193 g/mol. The Balaban J connectivity index is 2.54. The molecule has 3 N–H and O–H groups in total. The van der Waals surface area contributed by atoms with E-state index in [0.717, 1.165) is 15.9 Å². The smallest absolute Gasteiger partial charge is 0.211 e. The Morgan fingerprint density at radius 2 is 2.38 bits per heavy atom. The number of rotatable bonds is 2. The van der Waals surface area contributed by atoms with E-state index in [1.54, 1.807) is 6.07 Å². The van der Waals surface area contributed by atoms with Crippen LogP contribution in [0.1, 0.15) is 0 Å². The maximum absolute atomic E-state index is 10.2. The number of carbonyl (C=O) groups excluding carboxylic acids is 1. The van der Waals surface area contributed by atoms with E-state index in [0.29, 0.717) is 11.5 Å². The number of hydrogen-bond acceptors (Lipinski definition) is 4. The van der Waals surface area contributed by atoms with E-state index in [4.69, 9.17) is 5.73 Å². The van der Waals surface area contributed by atoms with E-state index in [-0.39, 0.29) is 0 Å². The maximum atomic E-state index is 10.2. The first kappa shape index (κ1) is 8.00. The quantitative estimate of drug-likeness (QED) is 0.709. The van der Waals surface area contributed by atoms with Crippen LogP contribution in [0, 0.1) is 0 Å². The largest absolute Gasteiger partial charge is 0.375 e. The minimum atomic E-state index is 0.540. The lowest BCUT2D eigenvalue weighted by Gasteiger charge is -1.95. The summed E-state index contributed by atoms with van der Waals surface area (Å²) in [5.74, 6) is 0. The molecule has 0 radical (unpaired) electrons. The summed E-state index contributed by atoms with van der Waals surface area (Å²) < 4.78 is 0.976. The average Bonchev–Trinajstić information content (AvgIpc) is 2.44. The molecule has 4 nitrogen and oxygen atoms in total. The van der Waals surface area contributed by atoms with Gasteiger partial charge in [0, 0.05) is 5.69 Å². The molecule has 66 valence electrons. The third-order valence-electron chi connectivity index (χ3n) is 1.63. The first-order valence-electron chi connectivity index (χ1n) is 3.66. The molecule has 5 heteroatoms. The van der Waals surface area contributed by atoms with Crippen LogP contribution in [0.3, 0.4) is 0 Å².